The maximum atomic E-state index is 12.2. The van der Waals surface area contributed by atoms with E-state index in [0.29, 0.717) is 29.1 Å². The van der Waals surface area contributed by atoms with E-state index in [1.54, 1.807) is 23.9 Å². The first kappa shape index (κ1) is 19.5. The molecular formula is C21H23ClN4O3. The van der Waals surface area contributed by atoms with Crippen LogP contribution in [0.15, 0.2) is 24.3 Å². The van der Waals surface area contributed by atoms with Crippen molar-refractivity contribution in [3.63, 3.8) is 0 Å². The number of pyridine rings is 1. The van der Waals surface area contributed by atoms with Gasteiger partial charge >= 0.3 is 0 Å². The number of carbonyl (C=O) groups excluding carboxylic acids is 1. The molecule has 152 valence electrons. The molecule has 1 aliphatic carbocycles. The van der Waals surface area contributed by atoms with Crippen molar-refractivity contribution in [2.75, 3.05) is 13.7 Å². The van der Waals surface area contributed by atoms with Crippen molar-refractivity contribution in [1.29, 1.82) is 0 Å². The Hall–Kier alpha value is -2.80. The molecule has 1 amide bonds. The molecule has 2 aromatic heterocycles. The van der Waals surface area contributed by atoms with E-state index in [1.165, 1.54) is 12.8 Å². The lowest BCUT2D eigenvalue weighted by atomic mass is 10.1. The average molecular weight is 415 g/mol. The summed E-state index contributed by atoms with van der Waals surface area (Å²) < 4.78 is 12.6. The van der Waals surface area contributed by atoms with Crippen LogP contribution in [0.5, 0.6) is 11.6 Å². The largest absolute Gasteiger partial charge is 0.495 e. The second kappa shape index (κ2) is 7.91. The van der Waals surface area contributed by atoms with Gasteiger partial charge in [0.05, 0.1) is 17.8 Å². The molecule has 0 spiro atoms. The van der Waals surface area contributed by atoms with Gasteiger partial charge in [-0.3, -0.25) is 9.48 Å². The Labute approximate surface area is 174 Å². The van der Waals surface area contributed by atoms with E-state index >= 15 is 0 Å². The Kier molecular flexibility index (Phi) is 5.32. The fraction of sp³-hybridized carbons (Fsp3) is 0.381. The van der Waals surface area contributed by atoms with Gasteiger partial charge in [-0.25, -0.2) is 0 Å². The van der Waals surface area contributed by atoms with Crippen LogP contribution in [0.3, 0.4) is 0 Å². The summed E-state index contributed by atoms with van der Waals surface area (Å²) >= 11 is 6.11. The Bertz CT molecular complexity index is 1080. The van der Waals surface area contributed by atoms with Crippen LogP contribution in [0.4, 0.5) is 0 Å². The maximum Gasteiger partial charge on any atom is 0.258 e. The highest BCUT2D eigenvalue weighted by Crippen LogP contribution is 2.43. The number of halogens is 1. The van der Waals surface area contributed by atoms with Gasteiger partial charge in [0.1, 0.15) is 5.75 Å². The summed E-state index contributed by atoms with van der Waals surface area (Å²) in [5.74, 6) is 1.33. The zero-order chi connectivity index (χ0) is 20.5. The number of benzene rings is 1. The van der Waals surface area contributed by atoms with Gasteiger partial charge in [0, 0.05) is 31.0 Å². The number of rotatable bonds is 7. The summed E-state index contributed by atoms with van der Waals surface area (Å²) in [5, 5.41) is 9.05. The first-order chi connectivity index (χ1) is 14.0. The molecule has 2 heterocycles. The Morgan fingerprint density at radius 3 is 2.83 bits per heavy atom. The van der Waals surface area contributed by atoms with Crippen LogP contribution in [-0.4, -0.2) is 34.4 Å². The minimum absolute atomic E-state index is 0.116. The third-order valence-corrected chi connectivity index (χ3v) is 5.31. The summed E-state index contributed by atoms with van der Waals surface area (Å²) in [7, 11) is 3.45. The average Bonchev–Trinajstić information content (AvgIpc) is 3.49. The van der Waals surface area contributed by atoms with Crippen molar-refractivity contribution in [3.05, 3.63) is 46.1 Å². The number of aryl methyl sites for hydroxylation is 2. The van der Waals surface area contributed by atoms with Gasteiger partial charge in [0.2, 0.25) is 5.88 Å². The smallest absolute Gasteiger partial charge is 0.258 e. The van der Waals surface area contributed by atoms with Gasteiger partial charge in [-0.15, -0.1) is 0 Å². The van der Waals surface area contributed by atoms with Gasteiger partial charge in [-0.05, 0) is 43.0 Å². The molecule has 0 unspecified atom stereocenters. The minimum Gasteiger partial charge on any atom is -0.495 e. The van der Waals surface area contributed by atoms with Crippen LogP contribution in [0.1, 0.15) is 35.6 Å². The highest BCUT2D eigenvalue weighted by molar-refractivity contribution is 6.32. The predicted octanol–water partition coefficient (Wildman–Crippen LogP) is 3.51. The standard InChI is InChI=1S/C21H23ClN4O3/c1-12-8-18(24-21-19(12)20(14-5-6-14)25-26(21)2)29-11-17(27)23-10-13-4-7-16(28-3)15(22)9-13/h4,7-9,14H,5-6,10-11H2,1-3H3,(H,23,27). The lowest BCUT2D eigenvalue weighted by molar-refractivity contribution is -0.123. The number of aromatic nitrogens is 3. The predicted molar refractivity (Wildman–Crippen MR) is 111 cm³/mol. The van der Waals surface area contributed by atoms with Crippen LogP contribution in [0.2, 0.25) is 5.02 Å². The van der Waals surface area contributed by atoms with Gasteiger partial charge in [-0.2, -0.15) is 10.1 Å². The minimum atomic E-state index is -0.236. The summed E-state index contributed by atoms with van der Waals surface area (Å²) in [4.78, 5) is 16.7. The fourth-order valence-electron chi connectivity index (χ4n) is 3.36. The van der Waals surface area contributed by atoms with Crippen molar-refractivity contribution in [2.45, 2.75) is 32.2 Å². The third-order valence-electron chi connectivity index (χ3n) is 5.02. The van der Waals surface area contributed by atoms with E-state index in [9.17, 15) is 4.79 Å². The second-order valence-electron chi connectivity index (χ2n) is 7.29. The van der Waals surface area contributed by atoms with Gasteiger partial charge < -0.3 is 14.8 Å². The van der Waals surface area contributed by atoms with Crippen molar-refractivity contribution >= 4 is 28.5 Å². The van der Waals surface area contributed by atoms with E-state index in [1.807, 2.05) is 26.1 Å². The molecule has 0 atom stereocenters. The molecule has 1 fully saturated rings. The Morgan fingerprint density at radius 1 is 1.34 bits per heavy atom. The number of carbonyl (C=O) groups is 1. The van der Waals surface area contributed by atoms with Crippen LogP contribution >= 0.6 is 11.6 Å². The number of nitrogens with zero attached hydrogens (tertiary/aromatic N) is 3. The zero-order valence-corrected chi connectivity index (χ0v) is 17.4. The lowest BCUT2D eigenvalue weighted by Crippen LogP contribution is -2.28. The van der Waals surface area contributed by atoms with E-state index in [2.05, 4.69) is 15.4 Å². The molecule has 1 saturated carbocycles. The molecular weight excluding hydrogens is 392 g/mol. The van der Waals surface area contributed by atoms with Crippen LogP contribution in [0.25, 0.3) is 11.0 Å². The van der Waals surface area contributed by atoms with Crippen LogP contribution < -0.4 is 14.8 Å². The fourth-order valence-corrected chi connectivity index (χ4v) is 3.64. The van der Waals surface area contributed by atoms with E-state index < -0.39 is 0 Å². The summed E-state index contributed by atoms with van der Waals surface area (Å²) in [5.41, 5.74) is 3.85. The number of hydrogen-bond donors (Lipinski definition) is 1. The molecule has 1 aromatic carbocycles. The highest BCUT2D eigenvalue weighted by Gasteiger charge is 2.30. The molecule has 0 bridgehead atoms. The topological polar surface area (TPSA) is 78.3 Å². The van der Waals surface area contributed by atoms with E-state index in [0.717, 1.165) is 27.9 Å². The van der Waals surface area contributed by atoms with Crippen molar-refractivity contribution in [3.8, 4) is 11.6 Å². The molecule has 0 saturated heterocycles. The summed E-state index contributed by atoms with van der Waals surface area (Å²) in [6, 6.07) is 7.25. The van der Waals surface area contributed by atoms with Crippen molar-refractivity contribution in [1.82, 2.24) is 20.1 Å². The normalized spacial score (nSPS) is 13.5. The third kappa shape index (κ3) is 4.15. The SMILES string of the molecule is COc1ccc(CNC(=O)COc2cc(C)c3c(C4CC4)nn(C)c3n2)cc1Cl. The zero-order valence-electron chi connectivity index (χ0n) is 16.7. The molecule has 0 aliphatic heterocycles. The molecule has 1 aliphatic rings. The lowest BCUT2D eigenvalue weighted by Gasteiger charge is -2.09. The van der Waals surface area contributed by atoms with Crippen LogP contribution in [-0.2, 0) is 18.4 Å². The monoisotopic (exact) mass is 414 g/mol. The highest BCUT2D eigenvalue weighted by atomic mass is 35.5. The van der Waals surface area contributed by atoms with Gasteiger partial charge in [0.15, 0.2) is 12.3 Å². The Balaban J connectivity index is 1.38. The maximum absolute atomic E-state index is 12.2. The number of nitrogens with one attached hydrogen (secondary N) is 1. The molecule has 7 nitrogen and oxygen atoms in total. The van der Waals surface area contributed by atoms with Crippen molar-refractivity contribution < 1.29 is 14.3 Å². The first-order valence-electron chi connectivity index (χ1n) is 9.52. The summed E-state index contributed by atoms with van der Waals surface area (Å²) in [6.45, 7) is 2.26. The number of hydrogen-bond acceptors (Lipinski definition) is 5. The van der Waals surface area contributed by atoms with Crippen molar-refractivity contribution in [2.24, 2.45) is 7.05 Å². The number of fused-ring (bicyclic) bond motifs is 1. The quantitative estimate of drug-likeness (QED) is 0.640. The molecule has 1 N–H and O–H groups in total. The first-order valence-corrected chi connectivity index (χ1v) is 9.90. The molecule has 0 radical (unpaired) electrons. The molecule has 29 heavy (non-hydrogen) atoms. The van der Waals surface area contributed by atoms with Crippen LogP contribution in [0, 0.1) is 6.92 Å². The van der Waals surface area contributed by atoms with E-state index in [4.69, 9.17) is 21.1 Å². The second-order valence-corrected chi connectivity index (χ2v) is 7.70. The molecule has 4 rings (SSSR count). The van der Waals surface area contributed by atoms with Gasteiger partial charge in [-0.1, -0.05) is 17.7 Å². The molecule has 8 heteroatoms. The Morgan fingerprint density at radius 2 is 2.14 bits per heavy atom. The molecule has 3 aromatic rings. The van der Waals surface area contributed by atoms with Gasteiger partial charge in [0.25, 0.3) is 5.91 Å². The summed E-state index contributed by atoms with van der Waals surface area (Å²) in [6.07, 6.45) is 2.37. The number of ether oxygens (including phenoxy) is 2. The van der Waals surface area contributed by atoms with E-state index in [-0.39, 0.29) is 12.5 Å². The number of amides is 1. The number of methoxy groups -OCH3 is 1.